The Bertz CT molecular complexity index is 498. The molecule has 0 spiro atoms. The van der Waals surface area contributed by atoms with Gasteiger partial charge in [0.2, 0.25) is 5.12 Å². The lowest BCUT2D eigenvalue weighted by atomic mass is 10.3. The van der Waals surface area contributed by atoms with Crippen molar-refractivity contribution in [3.05, 3.63) is 24.3 Å². The summed E-state index contributed by atoms with van der Waals surface area (Å²) >= 11 is 0.970. The van der Waals surface area contributed by atoms with E-state index in [1.807, 2.05) is 0 Å². The second kappa shape index (κ2) is 8.34. The summed E-state index contributed by atoms with van der Waals surface area (Å²) in [6.45, 7) is 2.84. The van der Waals surface area contributed by atoms with Crippen LogP contribution in [0.25, 0.3) is 0 Å². The quantitative estimate of drug-likeness (QED) is 0.372. The van der Waals surface area contributed by atoms with E-state index in [1.165, 1.54) is 13.8 Å². The van der Waals surface area contributed by atoms with Gasteiger partial charge in [0, 0.05) is 11.8 Å². The van der Waals surface area contributed by atoms with Gasteiger partial charge in [-0.2, -0.15) is 0 Å². The molecule has 0 aliphatic rings. The van der Waals surface area contributed by atoms with Crippen molar-refractivity contribution in [2.75, 3.05) is 13.2 Å². The maximum absolute atomic E-state index is 11.8. The van der Waals surface area contributed by atoms with Crippen molar-refractivity contribution in [1.29, 1.82) is 0 Å². The average Bonchev–Trinajstić information content (AvgIpc) is 2.43. The fourth-order valence-corrected chi connectivity index (χ4v) is 1.79. The number of carbonyl (C=O) groups excluding carboxylic acids is 2. The van der Waals surface area contributed by atoms with E-state index in [2.05, 4.69) is 9.99 Å². The lowest BCUT2D eigenvalue weighted by Crippen LogP contribution is -2.07. The number of hydrogen-bond donors (Lipinski definition) is 1. The fraction of sp³-hybridized carbons (Fsp3) is 0.308. The summed E-state index contributed by atoms with van der Waals surface area (Å²) in [5, 5.41) is 11.7. The van der Waals surface area contributed by atoms with Crippen molar-refractivity contribution in [3.8, 4) is 5.75 Å². The highest BCUT2D eigenvalue weighted by atomic mass is 32.2. The normalized spacial score (nSPS) is 11.1. The molecule has 0 saturated heterocycles. The van der Waals surface area contributed by atoms with Gasteiger partial charge in [0.25, 0.3) is 0 Å². The molecule has 0 amide bonds. The Balaban J connectivity index is 2.57. The van der Waals surface area contributed by atoms with Gasteiger partial charge in [-0.25, -0.2) is 4.79 Å². The summed E-state index contributed by atoms with van der Waals surface area (Å²) in [6, 6.07) is 6.83. The van der Waals surface area contributed by atoms with Crippen molar-refractivity contribution < 1.29 is 24.3 Å². The summed E-state index contributed by atoms with van der Waals surface area (Å²) in [6.07, 6.45) is 0. The number of rotatable bonds is 6. The van der Waals surface area contributed by atoms with E-state index < -0.39 is 5.97 Å². The van der Waals surface area contributed by atoms with Gasteiger partial charge in [-0.3, -0.25) is 4.79 Å². The minimum absolute atomic E-state index is 0.0548. The fourth-order valence-electron chi connectivity index (χ4n) is 1.12. The molecular formula is C13H15NO5S. The molecule has 1 aromatic carbocycles. The molecule has 0 saturated carbocycles. The van der Waals surface area contributed by atoms with E-state index in [1.54, 1.807) is 24.3 Å². The molecule has 0 bridgehead atoms. The second-order valence-electron chi connectivity index (χ2n) is 3.69. The molecule has 0 unspecified atom stereocenters. The van der Waals surface area contributed by atoms with Crippen LogP contribution in [-0.4, -0.2) is 35.1 Å². The van der Waals surface area contributed by atoms with Crippen LogP contribution in [0.15, 0.2) is 34.3 Å². The van der Waals surface area contributed by atoms with Crippen LogP contribution in [0, 0.1) is 0 Å². The molecular weight excluding hydrogens is 282 g/mol. The Labute approximate surface area is 120 Å². The molecule has 0 heterocycles. The molecule has 0 radical (unpaired) electrons. The number of ether oxygens (including phenoxy) is 1. The number of oxime groups is 1. The van der Waals surface area contributed by atoms with Gasteiger partial charge in [-0.15, -0.1) is 0 Å². The highest BCUT2D eigenvalue weighted by Gasteiger charge is 2.10. The van der Waals surface area contributed by atoms with E-state index in [0.29, 0.717) is 10.6 Å². The van der Waals surface area contributed by atoms with Crippen LogP contribution >= 0.6 is 11.8 Å². The minimum atomic E-state index is -0.576. The van der Waals surface area contributed by atoms with E-state index in [4.69, 9.17) is 9.84 Å². The number of aliphatic hydroxyl groups is 1. The maximum Gasteiger partial charge on any atom is 0.331 e. The van der Waals surface area contributed by atoms with Gasteiger partial charge in [0.05, 0.1) is 6.61 Å². The molecule has 0 fully saturated rings. The van der Waals surface area contributed by atoms with Gasteiger partial charge < -0.3 is 14.7 Å². The summed E-state index contributed by atoms with van der Waals surface area (Å²) < 4.78 is 5.20. The minimum Gasteiger partial charge on any atom is -0.491 e. The second-order valence-corrected chi connectivity index (χ2v) is 4.74. The molecule has 1 aromatic rings. The maximum atomic E-state index is 11.8. The molecule has 108 valence electrons. The van der Waals surface area contributed by atoms with Crippen molar-refractivity contribution >= 4 is 28.6 Å². The van der Waals surface area contributed by atoms with Crippen LogP contribution < -0.4 is 4.74 Å². The Morgan fingerprint density at radius 1 is 1.25 bits per heavy atom. The van der Waals surface area contributed by atoms with Gasteiger partial charge in [0.1, 0.15) is 18.1 Å². The molecule has 1 rings (SSSR count). The Morgan fingerprint density at radius 3 is 2.45 bits per heavy atom. The highest BCUT2D eigenvalue weighted by molar-refractivity contribution is 8.15. The lowest BCUT2D eigenvalue weighted by molar-refractivity contribution is -0.140. The zero-order valence-corrected chi connectivity index (χ0v) is 12.0. The SMILES string of the molecule is CC(=O)ON=C(C)C(=O)Sc1ccc(OCCO)cc1. The predicted octanol–water partition coefficient (Wildman–Crippen LogP) is 1.62. The van der Waals surface area contributed by atoms with Crippen LogP contribution in [0.2, 0.25) is 0 Å². The van der Waals surface area contributed by atoms with Crippen molar-refractivity contribution in [3.63, 3.8) is 0 Å². The van der Waals surface area contributed by atoms with Crippen molar-refractivity contribution in [2.24, 2.45) is 5.16 Å². The number of hydrogen-bond acceptors (Lipinski definition) is 7. The van der Waals surface area contributed by atoms with Crippen LogP contribution in [0.4, 0.5) is 0 Å². The number of aliphatic hydroxyl groups excluding tert-OH is 1. The third-order valence-corrected chi connectivity index (χ3v) is 2.99. The summed E-state index contributed by atoms with van der Waals surface area (Å²) in [5.41, 5.74) is 0.103. The van der Waals surface area contributed by atoms with Crippen LogP contribution in [0.5, 0.6) is 5.75 Å². The summed E-state index contributed by atoms with van der Waals surface area (Å²) in [5.74, 6) is 0.0358. The summed E-state index contributed by atoms with van der Waals surface area (Å²) in [7, 11) is 0. The van der Waals surface area contributed by atoms with Crippen molar-refractivity contribution in [2.45, 2.75) is 18.7 Å². The zero-order chi connectivity index (χ0) is 15.0. The van der Waals surface area contributed by atoms with E-state index in [0.717, 1.165) is 11.8 Å². The molecule has 0 aliphatic heterocycles. The van der Waals surface area contributed by atoms with E-state index in [-0.39, 0.29) is 24.0 Å². The summed E-state index contributed by atoms with van der Waals surface area (Å²) in [4.78, 5) is 27.4. The largest absolute Gasteiger partial charge is 0.491 e. The first-order valence-electron chi connectivity index (χ1n) is 5.81. The third-order valence-electron chi connectivity index (χ3n) is 2.00. The Kier molecular flexibility index (Phi) is 6.75. The molecule has 0 aromatic heterocycles. The molecule has 0 aliphatic carbocycles. The number of benzene rings is 1. The number of carbonyl (C=O) groups is 2. The van der Waals surface area contributed by atoms with Crippen LogP contribution in [-0.2, 0) is 14.4 Å². The lowest BCUT2D eigenvalue weighted by Gasteiger charge is -2.05. The molecule has 1 N–H and O–H groups in total. The van der Waals surface area contributed by atoms with Gasteiger partial charge in [-0.1, -0.05) is 5.16 Å². The monoisotopic (exact) mass is 297 g/mol. The van der Waals surface area contributed by atoms with Crippen LogP contribution in [0.1, 0.15) is 13.8 Å². The molecule has 7 heteroatoms. The molecule has 20 heavy (non-hydrogen) atoms. The first-order valence-corrected chi connectivity index (χ1v) is 6.62. The van der Waals surface area contributed by atoms with Gasteiger partial charge in [-0.05, 0) is 43.0 Å². The molecule has 6 nitrogen and oxygen atoms in total. The van der Waals surface area contributed by atoms with Crippen molar-refractivity contribution in [1.82, 2.24) is 0 Å². The Hall–Kier alpha value is -1.86. The first-order chi connectivity index (χ1) is 9.52. The Morgan fingerprint density at radius 2 is 1.90 bits per heavy atom. The topological polar surface area (TPSA) is 85.2 Å². The van der Waals surface area contributed by atoms with Gasteiger partial charge in [0.15, 0.2) is 0 Å². The zero-order valence-electron chi connectivity index (χ0n) is 11.2. The third kappa shape index (κ3) is 5.85. The van der Waals surface area contributed by atoms with E-state index >= 15 is 0 Å². The highest BCUT2D eigenvalue weighted by Crippen LogP contribution is 2.22. The number of nitrogens with zero attached hydrogens (tertiary/aromatic N) is 1. The smallest absolute Gasteiger partial charge is 0.331 e. The average molecular weight is 297 g/mol. The molecule has 0 atom stereocenters. The van der Waals surface area contributed by atoms with Crippen LogP contribution in [0.3, 0.4) is 0 Å². The number of thioether (sulfide) groups is 1. The predicted molar refractivity (Wildman–Crippen MR) is 74.8 cm³/mol. The standard InChI is InChI=1S/C13H15NO5S/c1-9(14-19-10(2)16)13(17)20-12-5-3-11(4-6-12)18-8-7-15/h3-6,15H,7-8H2,1-2H3. The van der Waals surface area contributed by atoms with Gasteiger partial charge >= 0.3 is 5.97 Å². The first kappa shape index (κ1) is 16.2. The van der Waals surface area contributed by atoms with E-state index in [9.17, 15) is 9.59 Å².